The monoisotopic (exact) mass is 394 g/mol. The molecule has 1 unspecified atom stereocenters. The van der Waals surface area contributed by atoms with Gasteiger partial charge in [-0.15, -0.1) is 0 Å². The van der Waals surface area contributed by atoms with Crippen molar-refractivity contribution in [2.45, 2.75) is 116 Å². The van der Waals surface area contributed by atoms with Crippen LogP contribution < -0.4 is 0 Å². The van der Waals surface area contributed by atoms with E-state index >= 15 is 0 Å². The molecule has 1 atom stereocenters. The highest BCUT2D eigenvalue weighted by molar-refractivity contribution is 5.69. The molecular weight excluding hydrogens is 352 g/mol. The Morgan fingerprint density at radius 2 is 1.43 bits per heavy atom. The topological polar surface area (TPSA) is 63.6 Å². The highest BCUT2D eigenvalue weighted by atomic mass is 16.5. The lowest BCUT2D eigenvalue weighted by molar-refractivity contribution is -0.148. The van der Waals surface area contributed by atoms with Crippen LogP contribution in [0.15, 0.2) is 24.3 Å². The molecule has 0 bridgehead atoms. The quantitative estimate of drug-likeness (QED) is 0.146. The summed E-state index contributed by atoms with van der Waals surface area (Å²) >= 11 is 0. The van der Waals surface area contributed by atoms with Crippen LogP contribution in [0.5, 0.6) is 0 Å². The van der Waals surface area contributed by atoms with Crippen LogP contribution in [0.2, 0.25) is 0 Å². The van der Waals surface area contributed by atoms with E-state index in [1.54, 1.807) is 0 Å². The fourth-order valence-electron chi connectivity index (χ4n) is 2.96. The lowest BCUT2D eigenvalue weighted by Crippen LogP contribution is -2.15. The molecule has 0 rings (SSSR count). The summed E-state index contributed by atoms with van der Waals surface area (Å²) < 4.78 is 5.30. The molecule has 0 radical (unpaired) electrons. The van der Waals surface area contributed by atoms with E-state index in [1.807, 2.05) is 6.92 Å². The Bertz CT molecular complexity index is 440. The molecule has 0 aromatic carbocycles. The Morgan fingerprint density at radius 1 is 0.821 bits per heavy atom. The Morgan fingerprint density at radius 3 is 2.07 bits per heavy atom. The fraction of sp³-hybridized carbons (Fsp3) is 0.750. The van der Waals surface area contributed by atoms with Crippen molar-refractivity contribution in [2.75, 3.05) is 0 Å². The van der Waals surface area contributed by atoms with Crippen LogP contribution in [-0.4, -0.2) is 23.1 Å². The minimum Gasteiger partial charge on any atom is -0.481 e. The maximum Gasteiger partial charge on any atom is 0.306 e. The van der Waals surface area contributed by atoms with Gasteiger partial charge in [0.2, 0.25) is 0 Å². The molecular formula is C24H42O4. The van der Waals surface area contributed by atoms with E-state index < -0.39 is 5.97 Å². The van der Waals surface area contributed by atoms with Crippen molar-refractivity contribution in [3.63, 3.8) is 0 Å². The van der Waals surface area contributed by atoms with Crippen LogP contribution in [0.25, 0.3) is 0 Å². The molecule has 0 fully saturated rings. The van der Waals surface area contributed by atoms with Gasteiger partial charge >= 0.3 is 11.9 Å². The zero-order chi connectivity index (χ0) is 20.9. The van der Waals surface area contributed by atoms with Crippen LogP contribution in [0.4, 0.5) is 0 Å². The average Bonchev–Trinajstić information content (AvgIpc) is 2.64. The number of allylic oxidation sites excluding steroid dienone is 4. The second-order valence-electron chi connectivity index (χ2n) is 7.57. The minimum absolute atomic E-state index is 0.132. The predicted molar refractivity (Wildman–Crippen MR) is 116 cm³/mol. The molecule has 0 aliphatic rings. The first-order valence-electron chi connectivity index (χ1n) is 11.3. The van der Waals surface area contributed by atoms with Crippen molar-refractivity contribution in [1.82, 2.24) is 0 Å². The van der Waals surface area contributed by atoms with Crippen molar-refractivity contribution >= 4 is 11.9 Å². The van der Waals surface area contributed by atoms with E-state index in [0.717, 1.165) is 32.1 Å². The molecule has 0 aromatic heterocycles. The summed E-state index contributed by atoms with van der Waals surface area (Å²) in [6, 6.07) is 0. The number of unbranched alkanes of at least 4 members (excludes halogenated alkanes) is 8. The van der Waals surface area contributed by atoms with Crippen molar-refractivity contribution in [1.29, 1.82) is 0 Å². The predicted octanol–water partition coefficient (Wildman–Crippen LogP) is 6.99. The van der Waals surface area contributed by atoms with Crippen LogP contribution in [0, 0.1) is 0 Å². The number of carboxylic acid groups (broad SMARTS) is 1. The number of rotatable bonds is 19. The molecule has 0 amide bonds. The lowest BCUT2D eigenvalue weighted by atomic mass is 10.1. The highest BCUT2D eigenvalue weighted by Gasteiger charge is 2.09. The molecule has 0 aliphatic carbocycles. The number of ether oxygens (including phenoxy) is 1. The van der Waals surface area contributed by atoms with E-state index in [1.165, 1.54) is 38.5 Å². The van der Waals surface area contributed by atoms with Crippen LogP contribution in [-0.2, 0) is 14.3 Å². The van der Waals surface area contributed by atoms with E-state index in [4.69, 9.17) is 9.84 Å². The third-order valence-corrected chi connectivity index (χ3v) is 4.67. The largest absolute Gasteiger partial charge is 0.481 e. The molecule has 0 saturated carbocycles. The first kappa shape index (κ1) is 26.4. The van der Waals surface area contributed by atoms with E-state index in [9.17, 15) is 9.59 Å². The summed E-state index contributed by atoms with van der Waals surface area (Å²) in [6.07, 6.45) is 23.5. The zero-order valence-electron chi connectivity index (χ0n) is 18.2. The summed E-state index contributed by atoms with van der Waals surface area (Å²) in [7, 11) is 0. The number of esters is 1. The van der Waals surface area contributed by atoms with Crippen LogP contribution >= 0.6 is 0 Å². The standard InChI is InChI=1S/C24H42O4/c1-3-4-5-6-7-8-9-10-11-12-13-14-15-16-17-21-24(27)28-22(2)19-18-20-23(25)26/h7-8,10-11,22H,3-6,9,12-21H2,1-2H3,(H,25,26)/b8-7-,11-10-. The Hall–Kier alpha value is -1.58. The highest BCUT2D eigenvalue weighted by Crippen LogP contribution is 2.11. The van der Waals surface area contributed by atoms with Gasteiger partial charge in [0.25, 0.3) is 0 Å². The lowest BCUT2D eigenvalue weighted by Gasteiger charge is -2.12. The molecule has 0 spiro atoms. The van der Waals surface area contributed by atoms with E-state index in [-0.39, 0.29) is 18.5 Å². The molecule has 1 N–H and O–H groups in total. The number of carboxylic acids is 1. The molecule has 162 valence electrons. The summed E-state index contributed by atoms with van der Waals surface area (Å²) in [6.45, 7) is 4.06. The maximum absolute atomic E-state index is 11.7. The number of hydrogen-bond donors (Lipinski definition) is 1. The molecule has 0 aromatic rings. The van der Waals surface area contributed by atoms with Gasteiger partial charge in [-0.1, -0.05) is 63.3 Å². The van der Waals surface area contributed by atoms with Crippen LogP contribution in [0.3, 0.4) is 0 Å². The molecule has 0 aliphatic heterocycles. The SMILES string of the molecule is CCCCC/C=C\C/C=C\CCCCCCCC(=O)OC(C)CCCC(=O)O. The molecule has 4 heteroatoms. The fourth-order valence-corrected chi connectivity index (χ4v) is 2.96. The number of aliphatic carboxylic acids is 1. The number of hydrogen-bond acceptors (Lipinski definition) is 3. The summed E-state index contributed by atoms with van der Waals surface area (Å²) in [5.41, 5.74) is 0. The number of carbonyl (C=O) groups is 2. The van der Waals surface area contributed by atoms with Gasteiger partial charge in [-0.3, -0.25) is 9.59 Å². The second kappa shape index (κ2) is 20.2. The van der Waals surface area contributed by atoms with Gasteiger partial charge < -0.3 is 9.84 Å². The van der Waals surface area contributed by atoms with Gasteiger partial charge in [-0.25, -0.2) is 0 Å². The van der Waals surface area contributed by atoms with Gasteiger partial charge in [-0.05, 0) is 58.3 Å². The third kappa shape index (κ3) is 20.7. The molecule has 0 saturated heterocycles. The van der Waals surface area contributed by atoms with Gasteiger partial charge in [0.1, 0.15) is 0 Å². The van der Waals surface area contributed by atoms with Crippen LogP contribution in [0.1, 0.15) is 110 Å². The van der Waals surface area contributed by atoms with Crippen molar-refractivity contribution in [3.05, 3.63) is 24.3 Å². The average molecular weight is 395 g/mol. The Kier molecular flexibility index (Phi) is 19.0. The normalized spacial score (nSPS) is 12.6. The van der Waals surface area contributed by atoms with Gasteiger partial charge in [0, 0.05) is 12.8 Å². The minimum atomic E-state index is -0.802. The number of carbonyl (C=O) groups excluding carboxylic acids is 1. The molecule has 4 nitrogen and oxygen atoms in total. The van der Waals surface area contributed by atoms with Gasteiger partial charge in [-0.2, -0.15) is 0 Å². The smallest absolute Gasteiger partial charge is 0.306 e. The molecule has 0 heterocycles. The third-order valence-electron chi connectivity index (χ3n) is 4.67. The maximum atomic E-state index is 11.7. The summed E-state index contributed by atoms with van der Waals surface area (Å²) in [5, 5.41) is 8.60. The zero-order valence-corrected chi connectivity index (χ0v) is 18.2. The van der Waals surface area contributed by atoms with Crippen molar-refractivity contribution < 1.29 is 19.4 Å². The van der Waals surface area contributed by atoms with Gasteiger partial charge in [0.15, 0.2) is 0 Å². The Labute approximate surface area is 172 Å². The van der Waals surface area contributed by atoms with E-state index in [2.05, 4.69) is 31.2 Å². The van der Waals surface area contributed by atoms with Crippen molar-refractivity contribution in [2.24, 2.45) is 0 Å². The van der Waals surface area contributed by atoms with Crippen molar-refractivity contribution in [3.8, 4) is 0 Å². The first-order valence-corrected chi connectivity index (χ1v) is 11.3. The van der Waals surface area contributed by atoms with E-state index in [0.29, 0.717) is 19.3 Å². The second-order valence-corrected chi connectivity index (χ2v) is 7.57. The Balaban J connectivity index is 3.41. The molecule has 28 heavy (non-hydrogen) atoms. The summed E-state index contributed by atoms with van der Waals surface area (Å²) in [5.74, 6) is -0.961. The summed E-state index contributed by atoms with van der Waals surface area (Å²) in [4.78, 5) is 22.2. The van der Waals surface area contributed by atoms with Gasteiger partial charge in [0.05, 0.1) is 6.10 Å². The first-order chi connectivity index (χ1) is 13.6.